The number of methoxy groups -OCH3 is 2. The molecule has 8 N–H and O–H groups in total. The van der Waals surface area contributed by atoms with Crippen LogP contribution in [0.2, 0.25) is 0 Å². The molecule has 0 aliphatic heterocycles. The molecule has 18 heteroatoms. The minimum atomic E-state index is -1.42. The van der Waals surface area contributed by atoms with Gasteiger partial charge in [-0.2, -0.15) is 0 Å². The second-order valence-corrected chi connectivity index (χ2v) is 12.4. The van der Waals surface area contributed by atoms with Crippen molar-refractivity contribution in [2.75, 3.05) is 42.0 Å². The average Bonchev–Trinajstić information content (AvgIpc) is 3.23. The molecule has 0 saturated heterocycles. The summed E-state index contributed by atoms with van der Waals surface area (Å²) in [6.07, 6.45) is 2.70. The Labute approximate surface area is 333 Å². The van der Waals surface area contributed by atoms with Gasteiger partial charge in [0.2, 0.25) is 5.91 Å². The zero-order valence-corrected chi connectivity index (χ0v) is 31.0. The number of nitrogens with one attached hydrogen (secondary N) is 5. The zero-order chi connectivity index (χ0) is 42.2. The van der Waals surface area contributed by atoms with E-state index in [0.29, 0.717) is 11.3 Å². The summed E-state index contributed by atoms with van der Waals surface area (Å²) in [4.78, 5) is 83.8. The van der Waals surface area contributed by atoms with Gasteiger partial charge in [0.1, 0.15) is 11.3 Å². The molecule has 2 heterocycles. The van der Waals surface area contributed by atoms with E-state index in [2.05, 4.69) is 36.6 Å². The molecule has 5 amide bonds. The number of amides is 5. The maximum atomic E-state index is 13.1. The maximum Gasteiger partial charge on any atom is 0.339 e. The molecule has 0 unspecified atom stereocenters. The Morgan fingerprint density at radius 2 is 1.22 bits per heavy atom. The number of aromatic carboxylic acids is 1. The number of pyridine rings is 2. The molecule has 298 valence electrons. The van der Waals surface area contributed by atoms with Gasteiger partial charge >= 0.3 is 5.97 Å². The zero-order valence-electron chi connectivity index (χ0n) is 31.0. The number of carbonyl (C=O) groups excluding carboxylic acids is 5. The van der Waals surface area contributed by atoms with E-state index in [0.717, 1.165) is 24.1 Å². The number of carboxylic acids is 1. The van der Waals surface area contributed by atoms with Crippen LogP contribution in [0.3, 0.4) is 0 Å². The smallest absolute Gasteiger partial charge is 0.339 e. The molecular formula is C41H33N7O11. The normalized spacial score (nSPS) is 10.5. The first-order valence-corrected chi connectivity index (χ1v) is 17.3. The summed E-state index contributed by atoms with van der Waals surface area (Å²) in [6.45, 7) is -0.390. The number of phenols is 2. The Kier molecular flexibility index (Phi) is 11.9. The lowest BCUT2D eigenvalue weighted by atomic mass is 10.1. The van der Waals surface area contributed by atoms with Crippen LogP contribution in [0, 0.1) is 0 Å². The fraction of sp³-hybridized carbons (Fsp3) is 0.0732. The van der Waals surface area contributed by atoms with Crippen molar-refractivity contribution >= 4 is 69.2 Å². The van der Waals surface area contributed by atoms with Crippen molar-refractivity contribution in [3.8, 4) is 23.0 Å². The molecule has 59 heavy (non-hydrogen) atoms. The van der Waals surface area contributed by atoms with Gasteiger partial charge in [0, 0.05) is 22.8 Å². The van der Waals surface area contributed by atoms with Crippen molar-refractivity contribution in [1.29, 1.82) is 0 Å². The van der Waals surface area contributed by atoms with E-state index in [1.165, 1.54) is 62.0 Å². The Balaban J connectivity index is 1.00. The molecule has 0 aliphatic rings. The summed E-state index contributed by atoms with van der Waals surface area (Å²) in [5.41, 5.74) is 1.08. The number of phenolic OH excluding ortho intramolecular Hbond substituents is 1. The molecule has 0 saturated carbocycles. The summed E-state index contributed by atoms with van der Waals surface area (Å²) in [5.74, 6) is -6.49. The second kappa shape index (κ2) is 17.5. The number of fused-ring (bicyclic) bond motifs is 1. The molecule has 0 spiro atoms. The van der Waals surface area contributed by atoms with Crippen LogP contribution >= 0.6 is 0 Å². The number of aromatic hydroxyl groups is 2. The minimum Gasteiger partial charge on any atom is -0.504 e. The van der Waals surface area contributed by atoms with Gasteiger partial charge in [-0.25, -0.2) is 9.78 Å². The van der Waals surface area contributed by atoms with Crippen LogP contribution in [0.15, 0.2) is 103 Å². The summed E-state index contributed by atoms with van der Waals surface area (Å²) in [7, 11) is 2.36. The van der Waals surface area contributed by atoms with E-state index in [-0.39, 0.29) is 51.3 Å². The second-order valence-electron chi connectivity index (χ2n) is 12.4. The van der Waals surface area contributed by atoms with E-state index in [4.69, 9.17) is 9.47 Å². The van der Waals surface area contributed by atoms with Crippen molar-refractivity contribution in [2.45, 2.75) is 0 Å². The first-order chi connectivity index (χ1) is 28.4. The molecule has 18 nitrogen and oxygen atoms in total. The number of aromatic nitrogens is 2. The van der Waals surface area contributed by atoms with Crippen LogP contribution in [0.1, 0.15) is 51.9 Å². The van der Waals surface area contributed by atoms with Gasteiger partial charge in [-0.1, -0.05) is 18.2 Å². The van der Waals surface area contributed by atoms with E-state index in [9.17, 15) is 44.1 Å². The Morgan fingerprint density at radius 3 is 1.86 bits per heavy atom. The molecular weight excluding hydrogens is 766 g/mol. The van der Waals surface area contributed by atoms with Gasteiger partial charge in [-0.3, -0.25) is 29.0 Å². The molecule has 6 rings (SSSR count). The minimum absolute atomic E-state index is 0.0273. The highest BCUT2D eigenvalue weighted by atomic mass is 16.5. The van der Waals surface area contributed by atoms with E-state index >= 15 is 0 Å². The van der Waals surface area contributed by atoms with Crippen LogP contribution in [0.25, 0.3) is 10.9 Å². The highest BCUT2D eigenvalue weighted by molar-refractivity contribution is 6.10. The topological polar surface area (TPSA) is 267 Å². The van der Waals surface area contributed by atoms with E-state index in [1.807, 2.05) is 24.3 Å². The van der Waals surface area contributed by atoms with Crippen LogP contribution in [0.5, 0.6) is 23.0 Å². The van der Waals surface area contributed by atoms with Crippen LogP contribution in [-0.2, 0) is 4.79 Å². The Bertz CT molecular complexity index is 2630. The number of hydrogen-bond acceptors (Lipinski definition) is 12. The standard InChI is InChI=1S/C41H33N7O11/c1-58-35-30(15-12-26(33(35)50)39(54)47-29-16-13-27(41(56)57)34(51)36(29)59-2)48-40(55)31-14-11-25(19-43-31)45-32(49)20-44-37(52)21-7-9-24(10-8-21)46-38(53)23-17-22-5-3-4-6-28(22)42-18-23/h3-19,50-51H,20H2,1-2H3,(H,44,52)(H,45,49)(H,46,53)(H,47,54)(H,48,55)(H,56,57). The predicted molar refractivity (Wildman–Crippen MR) is 214 cm³/mol. The fourth-order valence-electron chi connectivity index (χ4n) is 5.66. The van der Waals surface area contributed by atoms with Crippen molar-refractivity contribution in [2.24, 2.45) is 0 Å². The van der Waals surface area contributed by atoms with Gasteiger partial charge in [0.05, 0.1) is 60.7 Å². The monoisotopic (exact) mass is 799 g/mol. The number of benzene rings is 4. The fourth-order valence-corrected chi connectivity index (χ4v) is 5.66. The summed E-state index contributed by atoms with van der Waals surface area (Å²) >= 11 is 0. The summed E-state index contributed by atoms with van der Waals surface area (Å²) in [6, 6.07) is 22.7. The number of carbonyl (C=O) groups is 6. The molecule has 0 atom stereocenters. The lowest BCUT2D eigenvalue weighted by molar-refractivity contribution is -0.115. The van der Waals surface area contributed by atoms with E-state index in [1.54, 1.807) is 18.2 Å². The van der Waals surface area contributed by atoms with Gasteiger partial charge < -0.3 is 51.4 Å². The maximum absolute atomic E-state index is 13.1. The SMILES string of the molecule is COc1c(NC(=O)c2ccc(NC(=O)c3ccc(NC(=O)CNC(=O)c4ccc(NC(=O)c5cnc6ccccc6c5)cc4)cn3)c(OC)c2O)ccc(C(=O)O)c1O. The van der Waals surface area contributed by atoms with Gasteiger partial charge in [0.25, 0.3) is 23.6 Å². The number of nitrogens with zero attached hydrogens (tertiary/aromatic N) is 2. The van der Waals surface area contributed by atoms with Crippen LogP contribution in [0.4, 0.5) is 22.7 Å². The number of rotatable bonds is 13. The number of anilines is 4. The third kappa shape index (κ3) is 9.13. The van der Waals surface area contributed by atoms with Crippen LogP contribution < -0.4 is 36.1 Å². The lowest BCUT2D eigenvalue weighted by Crippen LogP contribution is -2.32. The third-order valence-corrected chi connectivity index (χ3v) is 8.59. The molecule has 4 aromatic carbocycles. The molecule has 6 aromatic rings. The highest BCUT2D eigenvalue weighted by Gasteiger charge is 2.24. The lowest BCUT2D eigenvalue weighted by Gasteiger charge is -2.16. The number of para-hydroxylation sites is 1. The third-order valence-electron chi connectivity index (χ3n) is 8.59. The average molecular weight is 800 g/mol. The largest absolute Gasteiger partial charge is 0.504 e. The first kappa shape index (κ1) is 40.1. The van der Waals surface area contributed by atoms with E-state index < -0.39 is 53.2 Å². The molecule has 0 bridgehead atoms. The number of hydrogen-bond donors (Lipinski definition) is 8. The Morgan fingerprint density at radius 1 is 0.593 bits per heavy atom. The molecule has 0 radical (unpaired) electrons. The molecule has 2 aromatic heterocycles. The van der Waals surface area contributed by atoms with Crippen LogP contribution in [-0.4, -0.2) is 81.6 Å². The van der Waals surface area contributed by atoms with Crippen molar-refractivity contribution < 1.29 is 53.6 Å². The highest BCUT2D eigenvalue weighted by Crippen LogP contribution is 2.40. The first-order valence-electron chi connectivity index (χ1n) is 17.3. The Hall–Kier alpha value is -8.54. The quantitative estimate of drug-likeness (QED) is 0.0775. The van der Waals surface area contributed by atoms with Crippen molar-refractivity contribution in [3.63, 3.8) is 0 Å². The predicted octanol–water partition coefficient (Wildman–Crippen LogP) is 4.88. The van der Waals surface area contributed by atoms with Crippen molar-refractivity contribution in [3.05, 3.63) is 131 Å². The summed E-state index contributed by atoms with van der Waals surface area (Å²) < 4.78 is 10.3. The van der Waals surface area contributed by atoms with Gasteiger partial charge in [-0.15, -0.1) is 0 Å². The van der Waals surface area contributed by atoms with Gasteiger partial charge in [0.15, 0.2) is 23.0 Å². The molecule has 0 aliphatic carbocycles. The number of carboxylic acid groups (broad SMARTS) is 1. The summed E-state index contributed by atoms with van der Waals surface area (Å²) in [5, 5.41) is 44.0. The number of ether oxygens (including phenoxy) is 2. The molecule has 0 fully saturated rings. The van der Waals surface area contributed by atoms with Gasteiger partial charge in [-0.05, 0) is 72.8 Å². The van der Waals surface area contributed by atoms with Crippen molar-refractivity contribution in [1.82, 2.24) is 15.3 Å².